The van der Waals surface area contributed by atoms with Gasteiger partial charge >= 0.3 is 5.97 Å². The molecule has 0 spiro atoms. The number of rotatable bonds is 1. The SMILES string of the molecule is C=C1C=CC(=O)N=C1C(=O)O. The fraction of sp³-hybridized carbons (Fsp3) is 0. The molecular weight excluding hydrogens is 146 g/mol. The molecule has 0 fully saturated rings. The van der Waals surface area contributed by atoms with Crippen LogP contribution >= 0.6 is 0 Å². The molecule has 1 rings (SSSR count). The van der Waals surface area contributed by atoms with Crippen LogP contribution in [0.3, 0.4) is 0 Å². The number of aliphatic imine (C=N–C) groups is 1. The number of amides is 1. The van der Waals surface area contributed by atoms with Crippen molar-refractivity contribution < 1.29 is 14.7 Å². The molecule has 4 nitrogen and oxygen atoms in total. The molecule has 56 valence electrons. The second kappa shape index (κ2) is 2.49. The van der Waals surface area contributed by atoms with E-state index in [1.54, 1.807) is 0 Å². The third kappa shape index (κ3) is 1.40. The van der Waals surface area contributed by atoms with Gasteiger partial charge in [0, 0.05) is 11.6 Å². The van der Waals surface area contributed by atoms with Crippen LogP contribution in [0.2, 0.25) is 0 Å². The molecule has 0 aliphatic carbocycles. The number of carbonyl (C=O) groups is 2. The number of hydrogen-bond acceptors (Lipinski definition) is 2. The first-order valence-electron chi connectivity index (χ1n) is 2.84. The lowest BCUT2D eigenvalue weighted by Gasteiger charge is -2.02. The fourth-order valence-electron chi connectivity index (χ4n) is 0.655. The molecule has 0 aromatic carbocycles. The molecule has 0 aromatic heterocycles. The Morgan fingerprint density at radius 3 is 2.64 bits per heavy atom. The van der Waals surface area contributed by atoms with Gasteiger partial charge in [0.05, 0.1) is 0 Å². The Hall–Kier alpha value is -1.71. The number of hydrogen-bond donors (Lipinski definition) is 1. The van der Waals surface area contributed by atoms with Crippen LogP contribution in [0.4, 0.5) is 0 Å². The molecule has 1 aliphatic heterocycles. The molecule has 0 saturated carbocycles. The van der Waals surface area contributed by atoms with E-state index in [1.165, 1.54) is 12.2 Å². The summed E-state index contributed by atoms with van der Waals surface area (Å²) < 4.78 is 0. The highest BCUT2D eigenvalue weighted by Crippen LogP contribution is 2.04. The highest BCUT2D eigenvalue weighted by atomic mass is 16.4. The summed E-state index contributed by atoms with van der Waals surface area (Å²) in [4.78, 5) is 24.1. The van der Waals surface area contributed by atoms with Crippen LogP contribution in [0.1, 0.15) is 0 Å². The third-order valence-electron chi connectivity index (χ3n) is 1.16. The second-order valence-electron chi connectivity index (χ2n) is 1.96. The molecule has 0 unspecified atom stereocenters. The van der Waals surface area contributed by atoms with Crippen molar-refractivity contribution in [3.05, 3.63) is 24.3 Å². The van der Waals surface area contributed by atoms with Crippen LogP contribution in [0.25, 0.3) is 0 Å². The summed E-state index contributed by atoms with van der Waals surface area (Å²) in [5.41, 5.74) is -0.0328. The van der Waals surface area contributed by atoms with E-state index in [9.17, 15) is 9.59 Å². The zero-order valence-electron chi connectivity index (χ0n) is 5.57. The lowest BCUT2D eigenvalue weighted by atomic mass is 10.1. The minimum Gasteiger partial charge on any atom is -0.476 e. The van der Waals surface area contributed by atoms with Crippen LogP contribution in [0.15, 0.2) is 29.3 Å². The molecule has 0 radical (unpaired) electrons. The molecule has 1 heterocycles. The quantitative estimate of drug-likeness (QED) is 0.580. The maximum absolute atomic E-state index is 10.5. The predicted octanol–water partition coefficient (Wildman–Crippen LogP) is 0.165. The molecular formula is C7H5NO3. The zero-order chi connectivity index (χ0) is 8.43. The minimum absolute atomic E-state index is 0.247. The standard InChI is InChI=1S/C7H5NO3/c1-4-2-3-5(9)8-6(4)7(10)11/h2-3H,1H2,(H,10,11). The Kier molecular flexibility index (Phi) is 1.68. The van der Waals surface area contributed by atoms with Gasteiger partial charge in [-0.15, -0.1) is 0 Å². The van der Waals surface area contributed by atoms with Crippen LogP contribution in [-0.4, -0.2) is 22.7 Å². The molecule has 1 N–H and O–H groups in total. The summed E-state index contributed by atoms with van der Waals surface area (Å²) in [6, 6.07) is 0. The molecule has 0 saturated heterocycles. The van der Waals surface area contributed by atoms with Crippen molar-refractivity contribution in [3.8, 4) is 0 Å². The van der Waals surface area contributed by atoms with E-state index >= 15 is 0 Å². The Labute approximate surface area is 62.6 Å². The molecule has 1 amide bonds. The second-order valence-corrected chi connectivity index (χ2v) is 1.96. The number of dihydropyridines is 1. The first kappa shape index (κ1) is 7.40. The predicted molar refractivity (Wildman–Crippen MR) is 38.4 cm³/mol. The average Bonchev–Trinajstić information content (AvgIpc) is 1.94. The van der Waals surface area contributed by atoms with Crippen LogP contribution < -0.4 is 0 Å². The van der Waals surface area contributed by atoms with Gasteiger partial charge < -0.3 is 5.11 Å². The summed E-state index contributed by atoms with van der Waals surface area (Å²) in [6.07, 6.45) is 2.51. The van der Waals surface area contributed by atoms with Gasteiger partial charge in [0.15, 0.2) is 5.71 Å². The Balaban J connectivity index is 3.03. The number of allylic oxidation sites excluding steroid dienone is 1. The van der Waals surface area contributed by atoms with Gasteiger partial charge in [-0.05, 0) is 6.08 Å². The topological polar surface area (TPSA) is 66.7 Å². The molecule has 1 aliphatic rings. The summed E-state index contributed by atoms with van der Waals surface area (Å²) in [5, 5.41) is 8.45. The van der Waals surface area contributed by atoms with Gasteiger partial charge in [-0.3, -0.25) is 4.79 Å². The van der Waals surface area contributed by atoms with E-state index < -0.39 is 11.9 Å². The van der Waals surface area contributed by atoms with Crippen molar-refractivity contribution in [3.63, 3.8) is 0 Å². The van der Waals surface area contributed by atoms with Crippen molar-refractivity contribution in [1.29, 1.82) is 0 Å². The molecule has 0 aromatic rings. The van der Waals surface area contributed by atoms with Gasteiger partial charge in [-0.25, -0.2) is 9.79 Å². The van der Waals surface area contributed by atoms with Crippen molar-refractivity contribution in [2.45, 2.75) is 0 Å². The maximum atomic E-state index is 10.5. The largest absolute Gasteiger partial charge is 0.476 e. The summed E-state index contributed by atoms with van der Waals surface area (Å²) in [6.45, 7) is 3.40. The maximum Gasteiger partial charge on any atom is 0.355 e. The van der Waals surface area contributed by atoms with E-state index in [2.05, 4.69) is 11.6 Å². The normalized spacial score (nSPS) is 16.5. The number of aliphatic carboxylic acids is 1. The Morgan fingerprint density at radius 1 is 1.55 bits per heavy atom. The highest BCUT2D eigenvalue weighted by molar-refractivity contribution is 6.45. The van der Waals surface area contributed by atoms with E-state index in [0.29, 0.717) is 0 Å². The van der Waals surface area contributed by atoms with Gasteiger partial charge in [-0.2, -0.15) is 0 Å². The third-order valence-corrected chi connectivity index (χ3v) is 1.16. The Morgan fingerprint density at radius 2 is 2.18 bits per heavy atom. The number of carboxylic acids is 1. The molecule has 0 bridgehead atoms. The zero-order valence-corrected chi connectivity index (χ0v) is 5.57. The van der Waals surface area contributed by atoms with E-state index in [0.717, 1.165) is 0 Å². The monoisotopic (exact) mass is 151 g/mol. The lowest BCUT2D eigenvalue weighted by molar-refractivity contribution is -0.129. The molecule has 4 heteroatoms. The smallest absolute Gasteiger partial charge is 0.355 e. The van der Waals surface area contributed by atoms with Gasteiger partial charge in [0.2, 0.25) is 0 Å². The number of carboxylic acid groups (broad SMARTS) is 1. The average molecular weight is 151 g/mol. The van der Waals surface area contributed by atoms with Crippen LogP contribution in [0.5, 0.6) is 0 Å². The summed E-state index contributed by atoms with van der Waals surface area (Å²) in [5.74, 6) is -1.79. The first-order chi connectivity index (χ1) is 5.11. The summed E-state index contributed by atoms with van der Waals surface area (Å²) >= 11 is 0. The van der Waals surface area contributed by atoms with Crippen molar-refractivity contribution >= 4 is 17.6 Å². The lowest BCUT2D eigenvalue weighted by Crippen LogP contribution is -2.18. The number of carbonyl (C=O) groups excluding carboxylic acids is 1. The summed E-state index contributed by atoms with van der Waals surface area (Å²) in [7, 11) is 0. The van der Waals surface area contributed by atoms with Crippen molar-refractivity contribution in [2.24, 2.45) is 4.99 Å². The first-order valence-corrected chi connectivity index (χ1v) is 2.84. The Bertz CT molecular complexity index is 299. The number of nitrogens with zero attached hydrogens (tertiary/aromatic N) is 1. The van der Waals surface area contributed by atoms with Gasteiger partial charge in [0.25, 0.3) is 5.91 Å². The fourth-order valence-corrected chi connectivity index (χ4v) is 0.655. The molecule has 11 heavy (non-hydrogen) atoms. The van der Waals surface area contributed by atoms with E-state index in [-0.39, 0.29) is 11.3 Å². The van der Waals surface area contributed by atoms with Gasteiger partial charge in [0.1, 0.15) is 0 Å². The van der Waals surface area contributed by atoms with E-state index in [1.807, 2.05) is 0 Å². The molecule has 0 atom stereocenters. The van der Waals surface area contributed by atoms with Crippen molar-refractivity contribution in [1.82, 2.24) is 0 Å². The van der Waals surface area contributed by atoms with Crippen LogP contribution in [-0.2, 0) is 9.59 Å². The van der Waals surface area contributed by atoms with Crippen molar-refractivity contribution in [2.75, 3.05) is 0 Å². The van der Waals surface area contributed by atoms with E-state index in [4.69, 9.17) is 5.11 Å². The minimum atomic E-state index is -1.23. The van der Waals surface area contributed by atoms with Crippen LogP contribution in [0, 0.1) is 0 Å². The van der Waals surface area contributed by atoms with Gasteiger partial charge in [-0.1, -0.05) is 6.58 Å². The highest BCUT2D eigenvalue weighted by Gasteiger charge is 2.16.